The molecule has 3 rings (SSSR count). The summed E-state index contributed by atoms with van der Waals surface area (Å²) in [7, 11) is 0. The van der Waals surface area contributed by atoms with Crippen LogP contribution < -0.4 is 9.64 Å². The highest BCUT2D eigenvalue weighted by Crippen LogP contribution is 2.34. The van der Waals surface area contributed by atoms with Crippen LogP contribution in [-0.2, 0) is 17.6 Å². The van der Waals surface area contributed by atoms with E-state index in [2.05, 4.69) is 26.8 Å². The SMILES string of the molecule is CCc1cnc(N(CCCOc2ccc(F)cc2)CCc2csc(SC(C)(C)C(=O)O)n2)nc1. The van der Waals surface area contributed by atoms with Crippen LogP contribution in [0.1, 0.15) is 38.4 Å². The van der Waals surface area contributed by atoms with Crippen LogP contribution >= 0.6 is 23.1 Å². The maximum Gasteiger partial charge on any atom is 0.319 e. The third-order valence-corrected chi connectivity index (χ3v) is 7.24. The van der Waals surface area contributed by atoms with Gasteiger partial charge in [-0.05, 0) is 56.5 Å². The Hall–Kier alpha value is -2.72. The Morgan fingerprint density at radius 1 is 1.21 bits per heavy atom. The van der Waals surface area contributed by atoms with Gasteiger partial charge in [0.15, 0.2) is 4.34 Å². The van der Waals surface area contributed by atoms with Crippen molar-refractivity contribution in [3.63, 3.8) is 0 Å². The molecule has 0 bridgehead atoms. The normalized spacial score (nSPS) is 11.4. The van der Waals surface area contributed by atoms with Crippen LogP contribution in [-0.4, -0.2) is 50.5 Å². The zero-order valence-corrected chi connectivity index (χ0v) is 21.2. The van der Waals surface area contributed by atoms with Gasteiger partial charge in [0.1, 0.15) is 16.3 Å². The summed E-state index contributed by atoms with van der Waals surface area (Å²) >= 11 is 2.71. The molecule has 0 aliphatic carbocycles. The lowest BCUT2D eigenvalue weighted by Crippen LogP contribution is -2.30. The highest BCUT2D eigenvalue weighted by atomic mass is 32.2. The van der Waals surface area contributed by atoms with Crippen molar-refractivity contribution < 1.29 is 19.0 Å². The molecule has 0 fully saturated rings. The van der Waals surface area contributed by atoms with Gasteiger partial charge in [0.05, 0.1) is 12.3 Å². The van der Waals surface area contributed by atoms with E-state index in [0.29, 0.717) is 37.8 Å². The van der Waals surface area contributed by atoms with E-state index in [1.54, 1.807) is 26.0 Å². The minimum Gasteiger partial charge on any atom is -0.494 e. The smallest absolute Gasteiger partial charge is 0.319 e. The molecular formula is C24H29FN4O3S2. The first kappa shape index (κ1) is 25.9. The molecule has 0 saturated heterocycles. The highest BCUT2D eigenvalue weighted by Gasteiger charge is 2.29. The van der Waals surface area contributed by atoms with Crippen molar-refractivity contribution in [1.82, 2.24) is 15.0 Å². The van der Waals surface area contributed by atoms with Gasteiger partial charge in [-0.1, -0.05) is 18.7 Å². The number of rotatable bonds is 13. The van der Waals surface area contributed by atoms with E-state index in [-0.39, 0.29) is 5.82 Å². The maximum atomic E-state index is 13.1. The monoisotopic (exact) mass is 504 g/mol. The molecule has 1 aromatic carbocycles. The quantitative estimate of drug-likeness (QED) is 0.254. The van der Waals surface area contributed by atoms with Crippen molar-refractivity contribution in [3.8, 4) is 5.75 Å². The van der Waals surface area contributed by atoms with Gasteiger partial charge < -0.3 is 14.7 Å². The van der Waals surface area contributed by atoms with E-state index >= 15 is 0 Å². The number of aryl methyl sites for hydroxylation is 1. The summed E-state index contributed by atoms with van der Waals surface area (Å²) in [6, 6.07) is 5.98. The first-order chi connectivity index (χ1) is 16.3. The standard InChI is InChI=1S/C24H29FN4O3S2/c1-4-17-14-26-22(27-15-17)29(11-5-13-32-20-8-6-18(25)7-9-20)12-10-19-16-33-23(28-19)34-24(2,3)21(30)31/h6-9,14-16H,4-5,10-13H2,1-3H3,(H,30,31). The molecule has 2 heterocycles. The molecule has 1 N–H and O–H groups in total. The molecule has 34 heavy (non-hydrogen) atoms. The molecule has 10 heteroatoms. The molecule has 182 valence electrons. The molecule has 0 atom stereocenters. The Bertz CT molecular complexity index is 1060. The van der Waals surface area contributed by atoms with Crippen molar-refractivity contribution in [2.75, 3.05) is 24.6 Å². The van der Waals surface area contributed by atoms with Crippen LogP contribution in [0.4, 0.5) is 10.3 Å². The summed E-state index contributed by atoms with van der Waals surface area (Å²) in [6.07, 6.45) is 5.98. The molecule has 0 saturated carbocycles. The molecule has 0 spiro atoms. The first-order valence-corrected chi connectivity index (χ1v) is 12.8. The fraction of sp³-hybridized carbons (Fsp3) is 0.417. The summed E-state index contributed by atoms with van der Waals surface area (Å²) in [5.74, 6) is 0.126. The van der Waals surface area contributed by atoms with Crippen molar-refractivity contribution in [2.24, 2.45) is 0 Å². The second kappa shape index (κ2) is 12.1. The number of nitrogens with zero attached hydrogens (tertiary/aromatic N) is 4. The van der Waals surface area contributed by atoms with E-state index in [1.807, 2.05) is 17.8 Å². The number of carbonyl (C=O) groups is 1. The first-order valence-electron chi connectivity index (χ1n) is 11.1. The number of hydrogen-bond donors (Lipinski definition) is 1. The van der Waals surface area contributed by atoms with Gasteiger partial charge in [0.2, 0.25) is 5.95 Å². The second-order valence-electron chi connectivity index (χ2n) is 8.16. The molecule has 0 amide bonds. The lowest BCUT2D eigenvalue weighted by Gasteiger charge is -2.22. The van der Waals surface area contributed by atoms with Crippen molar-refractivity contribution in [1.29, 1.82) is 0 Å². The fourth-order valence-corrected chi connectivity index (χ4v) is 5.17. The van der Waals surface area contributed by atoms with Crippen LogP contribution in [0.25, 0.3) is 0 Å². The van der Waals surface area contributed by atoms with E-state index in [1.165, 1.54) is 35.2 Å². The number of aliphatic carboxylic acids is 1. The lowest BCUT2D eigenvalue weighted by molar-refractivity contribution is -0.138. The molecule has 0 radical (unpaired) electrons. The molecule has 0 aliphatic heterocycles. The number of aromatic nitrogens is 3. The van der Waals surface area contributed by atoms with Gasteiger partial charge in [0.25, 0.3) is 0 Å². The maximum absolute atomic E-state index is 13.1. The third kappa shape index (κ3) is 7.66. The number of halogens is 1. The average Bonchev–Trinajstić information content (AvgIpc) is 3.26. The lowest BCUT2D eigenvalue weighted by atomic mass is 10.2. The van der Waals surface area contributed by atoms with Gasteiger partial charge >= 0.3 is 5.97 Å². The predicted octanol–water partition coefficient (Wildman–Crippen LogP) is 5.11. The molecule has 0 aliphatic rings. The van der Waals surface area contributed by atoms with Crippen molar-refractivity contribution in [3.05, 3.63) is 59.1 Å². The Kier molecular flexibility index (Phi) is 9.23. The van der Waals surface area contributed by atoms with Gasteiger partial charge in [-0.2, -0.15) is 0 Å². The predicted molar refractivity (Wildman–Crippen MR) is 134 cm³/mol. The van der Waals surface area contributed by atoms with Crippen LogP contribution in [0.5, 0.6) is 5.75 Å². The van der Waals surface area contributed by atoms with Crippen LogP contribution in [0.2, 0.25) is 0 Å². The summed E-state index contributed by atoms with van der Waals surface area (Å²) in [5, 5.41) is 11.3. The Labute approximate surface area is 207 Å². The third-order valence-electron chi connectivity index (χ3n) is 5.06. The van der Waals surface area contributed by atoms with Crippen molar-refractivity contribution >= 4 is 35.0 Å². The molecule has 0 unspecified atom stereocenters. The van der Waals surface area contributed by atoms with Gasteiger partial charge in [-0.3, -0.25) is 4.79 Å². The van der Waals surface area contributed by atoms with Crippen molar-refractivity contribution in [2.45, 2.75) is 49.1 Å². The summed E-state index contributed by atoms with van der Waals surface area (Å²) in [5.41, 5.74) is 1.98. The topological polar surface area (TPSA) is 88.4 Å². The summed E-state index contributed by atoms with van der Waals surface area (Å²) < 4.78 is 18.6. The summed E-state index contributed by atoms with van der Waals surface area (Å²) in [4.78, 5) is 27.2. The number of benzene rings is 1. The number of ether oxygens (including phenoxy) is 1. The van der Waals surface area contributed by atoms with E-state index in [9.17, 15) is 14.3 Å². The molecular weight excluding hydrogens is 475 g/mol. The van der Waals surface area contributed by atoms with E-state index in [4.69, 9.17) is 4.74 Å². The largest absolute Gasteiger partial charge is 0.494 e. The molecule has 7 nitrogen and oxygen atoms in total. The number of carboxylic acids is 1. The number of thioether (sulfide) groups is 1. The second-order valence-corrected chi connectivity index (χ2v) is 10.9. The van der Waals surface area contributed by atoms with Crippen LogP contribution in [0, 0.1) is 5.82 Å². The van der Waals surface area contributed by atoms with Gasteiger partial charge in [0, 0.05) is 37.3 Å². The minimum atomic E-state index is -0.930. The average molecular weight is 505 g/mol. The zero-order valence-electron chi connectivity index (χ0n) is 19.5. The van der Waals surface area contributed by atoms with Gasteiger partial charge in [-0.25, -0.2) is 19.3 Å². The zero-order chi connectivity index (χ0) is 24.6. The number of hydrogen-bond acceptors (Lipinski definition) is 8. The summed E-state index contributed by atoms with van der Waals surface area (Å²) in [6.45, 7) is 7.24. The van der Waals surface area contributed by atoms with E-state index in [0.717, 1.165) is 28.4 Å². The Balaban J connectivity index is 1.59. The molecule has 2 aromatic heterocycles. The molecule has 3 aromatic rings. The van der Waals surface area contributed by atoms with Crippen LogP contribution in [0.15, 0.2) is 46.4 Å². The number of thiazole rings is 1. The van der Waals surface area contributed by atoms with Gasteiger partial charge in [-0.15, -0.1) is 11.3 Å². The number of anilines is 1. The Morgan fingerprint density at radius 3 is 2.56 bits per heavy atom. The number of carboxylic acid groups (broad SMARTS) is 1. The Morgan fingerprint density at radius 2 is 1.91 bits per heavy atom. The van der Waals surface area contributed by atoms with E-state index < -0.39 is 10.7 Å². The minimum absolute atomic E-state index is 0.290. The van der Waals surface area contributed by atoms with Crippen LogP contribution in [0.3, 0.4) is 0 Å². The fourth-order valence-electron chi connectivity index (χ4n) is 2.94. The highest BCUT2D eigenvalue weighted by molar-refractivity contribution is 8.02.